The summed E-state index contributed by atoms with van der Waals surface area (Å²) in [6.07, 6.45) is 2.03. The van der Waals surface area contributed by atoms with Gasteiger partial charge in [0.15, 0.2) is 6.10 Å². The van der Waals surface area contributed by atoms with Crippen LogP contribution in [0.5, 0.6) is 0 Å². The summed E-state index contributed by atoms with van der Waals surface area (Å²) >= 11 is 0. The molecule has 0 aliphatic carbocycles. The van der Waals surface area contributed by atoms with Crippen LogP contribution in [0.25, 0.3) is 10.9 Å². The Hall–Kier alpha value is -2.10. The number of hydrogen-bond donors (Lipinski definition) is 1. The third-order valence-corrected chi connectivity index (χ3v) is 3.46. The summed E-state index contributed by atoms with van der Waals surface area (Å²) in [6.45, 7) is 5.72. The van der Waals surface area contributed by atoms with Crippen LogP contribution in [-0.4, -0.2) is 22.8 Å². The molecular formula is C17H21NO3. The molecule has 112 valence electrons. The number of H-pyrrole nitrogens is 1. The molecule has 1 aromatic heterocycles. The summed E-state index contributed by atoms with van der Waals surface area (Å²) in [5, 5.41) is 0.854. The maximum Gasteiger partial charge on any atom is 0.306 e. The van der Waals surface area contributed by atoms with Gasteiger partial charge < -0.3 is 9.72 Å². The quantitative estimate of drug-likeness (QED) is 0.650. The number of nitrogens with one attached hydrogen (secondary N) is 1. The molecule has 2 aromatic rings. The normalized spacial score (nSPS) is 12.6. The number of Topliss-reactive ketones (excluding diaryl/α,β-unsaturated/α-hetero) is 1. The smallest absolute Gasteiger partial charge is 0.306 e. The van der Waals surface area contributed by atoms with Gasteiger partial charge in [0.1, 0.15) is 0 Å². The molecule has 4 nitrogen and oxygen atoms in total. The molecule has 0 saturated heterocycles. The molecule has 0 amide bonds. The summed E-state index contributed by atoms with van der Waals surface area (Å²) in [6, 6.07) is 7.58. The Balaban J connectivity index is 2.04. The van der Waals surface area contributed by atoms with Crippen molar-refractivity contribution in [2.45, 2.75) is 39.7 Å². The average molecular weight is 287 g/mol. The van der Waals surface area contributed by atoms with Crippen LogP contribution in [0.4, 0.5) is 0 Å². The highest BCUT2D eigenvalue weighted by atomic mass is 16.5. The average Bonchev–Trinajstić information content (AvgIpc) is 2.88. The zero-order valence-corrected chi connectivity index (χ0v) is 12.7. The minimum Gasteiger partial charge on any atom is -0.454 e. The van der Waals surface area contributed by atoms with Gasteiger partial charge in [-0.25, -0.2) is 0 Å². The fourth-order valence-electron chi connectivity index (χ4n) is 2.21. The number of hydrogen-bond acceptors (Lipinski definition) is 3. The molecule has 1 atom stereocenters. The number of aromatic nitrogens is 1. The largest absolute Gasteiger partial charge is 0.454 e. The molecule has 1 heterocycles. The fraction of sp³-hybridized carbons (Fsp3) is 0.412. The number of ketones is 1. The summed E-state index contributed by atoms with van der Waals surface area (Å²) in [4.78, 5) is 27.2. The van der Waals surface area contributed by atoms with Crippen LogP contribution in [0.3, 0.4) is 0 Å². The highest BCUT2D eigenvalue weighted by Gasteiger charge is 2.22. The van der Waals surface area contributed by atoms with E-state index in [0.29, 0.717) is 17.9 Å². The van der Waals surface area contributed by atoms with Gasteiger partial charge in [-0.3, -0.25) is 9.59 Å². The van der Waals surface area contributed by atoms with E-state index in [1.54, 1.807) is 13.1 Å². The second-order valence-corrected chi connectivity index (χ2v) is 5.68. The van der Waals surface area contributed by atoms with Gasteiger partial charge in [-0.1, -0.05) is 32.0 Å². The Morgan fingerprint density at radius 3 is 2.62 bits per heavy atom. The number of benzene rings is 1. The van der Waals surface area contributed by atoms with E-state index in [1.165, 1.54) is 0 Å². The van der Waals surface area contributed by atoms with E-state index in [9.17, 15) is 9.59 Å². The number of esters is 1. The van der Waals surface area contributed by atoms with Crippen LogP contribution in [0, 0.1) is 5.92 Å². The standard InChI is InChI=1S/C17H21NO3/c1-11(2)8-9-16(19)21-12(3)17(20)14-10-18-15-7-5-4-6-13(14)15/h4-7,10-12,18H,8-9H2,1-3H3/t12-/m1/s1. The number of carbonyl (C=O) groups excluding carboxylic acids is 2. The van der Waals surface area contributed by atoms with Crippen molar-refractivity contribution in [3.8, 4) is 0 Å². The predicted molar refractivity (Wildman–Crippen MR) is 82.3 cm³/mol. The summed E-state index contributed by atoms with van der Waals surface area (Å²) in [7, 11) is 0. The first-order valence-electron chi connectivity index (χ1n) is 7.29. The minimum atomic E-state index is -0.760. The molecule has 0 saturated carbocycles. The van der Waals surface area contributed by atoms with Crippen LogP contribution in [0.1, 0.15) is 44.0 Å². The number of aromatic amines is 1. The van der Waals surface area contributed by atoms with Gasteiger partial charge in [-0.05, 0) is 25.3 Å². The highest BCUT2D eigenvalue weighted by Crippen LogP contribution is 2.20. The SMILES string of the molecule is CC(C)CCC(=O)O[C@H](C)C(=O)c1c[nH]c2ccccc12. The summed E-state index contributed by atoms with van der Waals surface area (Å²) in [5.41, 5.74) is 1.47. The minimum absolute atomic E-state index is 0.176. The third kappa shape index (κ3) is 3.72. The first kappa shape index (κ1) is 15.3. The zero-order valence-electron chi connectivity index (χ0n) is 12.7. The lowest BCUT2D eigenvalue weighted by Gasteiger charge is -2.12. The van der Waals surface area contributed by atoms with Crippen LogP contribution in [0.15, 0.2) is 30.5 Å². The van der Waals surface area contributed by atoms with Gasteiger partial charge in [0.2, 0.25) is 5.78 Å². The van der Waals surface area contributed by atoms with Crippen molar-refractivity contribution in [1.29, 1.82) is 0 Å². The Morgan fingerprint density at radius 2 is 1.90 bits per heavy atom. The zero-order chi connectivity index (χ0) is 15.4. The fourth-order valence-corrected chi connectivity index (χ4v) is 2.21. The molecule has 4 heteroatoms. The molecule has 1 N–H and O–H groups in total. The van der Waals surface area contributed by atoms with Gasteiger partial charge in [0.05, 0.1) is 0 Å². The molecule has 0 aliphatic rings. The number of rotatable bonds is 6. The van der Waals surface area contributed by atoms with E-state index in [1.807, 2.05) is 38.1 Å². The number of fused-ring (bicyclic) bond motifs is 1. The first-order valence-corrected chi connectivity index (χ1v) is 7.29. The van der Waals surface area contributed by atoms with Gasteiger partial charge in [0, 0.05) is 29.1 Å². The Labute approximate surface area is 124 Å². The molecule has 0 bridgehead atoms. The van der Waals surface area contributed by atoms with Crippen LogP contribution < -0.4 is 0 Å². The molecule has 2 rings (SSSR count). The molecule has 0 unspecified atom stereocenters. The first-order chi connectivity index (χ1) is 9.99. The lowest BCUT2D eigenvalue weighted by atomic mass is 10.1. The highest BCUT2D eigenvalue weighted by molar-refractivity contribution is 6.10. The molecule has 21 heavy (non-hydrogen) atoms. The molecule has 0 fully saturated rings. The second kappa shape index (κ2) is 6.57. The monoisotopic (exact) mass is 287 g/mol. The van der Waals surface area contributed by atoms with Crippen molar-refractivity contribution in [3.63, 3.8) is 0 Å². The lowest BCUT2D eigenvalue weighted by molar-refractivity contribution is -0.146. The second-order valence-electron chi connectivity index (χ2n) is 5.68. The van der Waals surface area contributed by atoms with Crippen molar-refractivity contribution in [1.82, 2.24) is 4.98 Å². The Kier molecular flexibility index (Phi) is 4.78. The van der Waals surface area contributed by atoms with E-state index in [4.69, 9.17) is 4.74 Å². The molecule has 0 aliphatic heterocycles. The molecule has 0 spiro atoms. The predicted octanol–water partition coefficient (Wildman–Crippen LogP) is 3.72. The lowest BCUT2D eigenvalue weighted by Crippen LogP contribution is -2.24. The number of para-hydroxylation sites is 1. The van der Waals surface area contributed by atoms with Crippen molar-refractivity contribution < 1.29 is 14.3 Å². The van der Waals surface area contributed by atoms with E-state index in [-0.39, 0.29) is 11.8 Å². The van der Waals surface area contributed by atoms with E-state index in [2.05, 4.69) is 4.98 Å². The third-order valence-electron chi connectivity index (χ3n) is 3.46. The molecule has 1 aromatic carbocycles. The summed E-state index contributed by atoms with van der Waals surface area (Å²) < 4.78 is 5.23. The van der Waals surface area contributed by atoms with Gasteiger partial charge in [0.25, 0.3) is 0 Å². The van der Waals surface area contributed by atoms with Crippen LogP contribution >= 0.6 is 0 Å². The van der Waals surface area contributed by atoms with Crippen molar-refractivity contribution in [2.24, 2.45) is 5.92 Å². The van der Waals surface area contributed by atoms with E-state index < -0.39 is 6.10 Å². The maximum absolute atomic E-state index is 12.4. The van der Waals surface area contributed by atoms with Gasteiger partial charge in [-0.15, -0.1) is 0 Å². The van der Waals surface area contributed by atoms with Crippen LogP contribution in [0.2, 0.25) is 0 Å². The van der Waals surface area contributed by atoms with Crippen molar-refractivity contribution >= 4 is 22.7 Å². The Morgan fingerprint density at radius 1 is 1.19 bits per heavy atom. The number of ether oxygens (including phenoxy) is 1. The Bertz CT molecular complexity index is 642. The van der Waals surface area contributed by atoms with Crippen molar-refractivity contribution in [2.75, 3.05) is 0 Å². The molecule has 0 radical (unpaired) electrons. The van der Waals surface area contributed by atoms with Gasteiger partial charge in [-0.2, -0.15) is 0 Å². The number of carbonyl (C=O) groups is 2. The summed E-state index contributed by atoms with van der Waals surface area (Å²) in [5.74, 6) is -0.0492. The maximum atomic E-state index is 12.4. The molecular weight excluding hydrogens is 266 g/mol. The van der Waals surface area contributed by atoms with E-state index >= 15 is 0 Å². The van der Waals surface area contributed by atoms with Crippen LogP contribution in [-0.2, 0) is 9.53 Å². The van der Waals surface area contributed by atoms with Crippen molar-refractivity contribution in [3.05, 3.63) is 36.0 Å². The van der Waals surface area contributed by atoms with Gasteiger partial charge >= 0.3 is 5.97 Å². The van der Waals surface area contributed by atoms with E-state index in [0.717, 1.165) is 17.3 Å². The topological polar surface area (TPSA) is 59.2 Å².